The number of halogens is 1. The van der Waals surface area contributed by atoms with Crippen LogP contribution in [0.25, 0.3) is 0 Å². The normalized spacial score (nSPS) is 15.2. The number of nitrogens with one attached hydrogen (secondary N) is 1. The molecule has 1 aliphatic carbocycles. The second-order valence-electron chi connectivity index (χ2n) is 5.92. The highest BCUT2D eigenvalue weighted by Gasteiger charge is 2.27. The molecular formula is C19H20ClNO3. The quantitative estimate of drug-likeness (QED) is 0.811. The third kappa shape index (κ3) is 4.01. The Balaban J connectivity index is 1.93. The third-order valence-electron chi connectivity index (χ3n) is 4.25. The first-order valence-electron chi connectivity index (χ1n) is 7.83. The second kappa shape index (κ2) is 7.58. The van der Waals surface area contributed by atoms with E-state index in [0.29, 0.717) is 45.8 Å². The highest BCUT2D eigenvalue weighted by Crippen LogP contribution is 2.27. The molecule has 0 saturated heterocycles. The van der Waals surface area contributed by atoms with Gasteiger partial charge in [0.1, 0.15) is 0 Å². The molecular weight excluding hydrogens is 326 g/mol. The molecule has 1 aliphatic rings. The van der Waals surface area contributed by atoms with Crippen LogP contribution < -0.4 is 5.32 Å². The molecule has 24 heavy (non-hydrogen) atoms. The minimum Gasteiger partial charge on any atom is -0.326 e. The molecule has 5 heteroatoms. The lowest BCUT2D eigenvalue weighted by Crippen LogP contribution is -2.21. The van der Waals surface area contributed by atoms with Crippen molar-refractivity contribution >= 4 is 34.8 Å². The average Bonchev–Trinajstić information content (AvgIpc) is 2.54. The van der Waals surface area contributed by atoms with E-state index in [0.717, 1.165) is 0 Å². The van der Waals surface area contributed by atoms with Gasteiger partial charge in [0.05, 0.1) is 0 Å². The maximum Gasteiger partial charge on any atom is 0.224 e. The highest BCUT2D eigenvalue weighted by atomic mass is 35.5. The van der Waals surface area contributed by atoms with Crippen LogP contribution in [-0.2, 0) is 14.4 Å². The van der Waals surface area contributed by atoms with Gasteiger partial charge in [-0.3, -0.25) is 14.4 Å². The Kier molecular flexibility index (Phi) is 5.73. The predicted octanol–water partition coefficient (Wildman–Crippen LogP) is 4.25. The zero-order chi connectivity index (χ0) is 17.9. The van der Waals surface area contributed by atoms with Crippen LogP contribution in [-0.4, -0.2) is 17.5 Å². The largest absolute Gasteiger partial charge is 0.326 e. The zero-order valence-corrected chi connectivity index (χ0v) is 14.8. The van der Waals surface area contributed by atoms with E-state index in [1.54, 1.807) is 45.0 Å². The summed E-state index contributed by atoms with van der Waals surface area (Å²) >= 11 is 5.87. The molecule has 1 N–H and O–H groups in total. The first kappa shape index (κ1) is 18.1. The topological polar surface area (TPSA) is 63.2 Å². The zero-order valence-electron chi connectivity index (χ0n) is 14.0. The molecule has 2 rings (SSSR count). The van der Waals surface area contributed by atoms with E-state index in [4.69, 9.17) is 11.6 Å². The van der Waals surface area contributed by atoms with Gasteiger partial charge in [0.2, 0.25) is 5.91 Å². The predicted molar refractivity (Wildman–Crippen MR) is 95.0 cm³/mol. The summed E-state index contributed by atoms with van der Waals surface area (Å²) in [4.78, 5) is 36.4. The van der Waals surface area contributed by atoms with Gasteiger partial charge in [0.25, 0.3) is 0 Å². The first-order valence-corrected chi connectivity index (χ1v) is 8.21. The molecule has 0 aliphatic heterocycles. The van der Waals surface area contributed by atoms with E-state index in [1.165, 1.54) is 0 Å². The van der Waals surface area contributed by atoms with E-state index >= 15 is 0 Å². The molecule has 1 aromatic carbocycles. The van der Waals surface area contributed by atoms with Gasteiger partial charge in [-0.1, -0.05) is 17.7 Å². The Labute approximate surface area is 146 Å². The molecule has 0 aromatic heterocycles. The summed E-state index contributed by atoms with van der Waals surface area (Å²) in [6, 6.07) is 6.93. The Morgan fingerprint density at radius 3 is 2.38 bits per heavy atom. The van der Waals surface area contributed by atoms with Crippen molar-refractivity contribution in [2.24, 2.45) is 0 Å². The Bertz CT molecular complexity index is 775. The van der Waals surface area contributed by atoms with Gasteiger partial charge in [-0.15, -0.1) is 0 Å². The minimum absolute atomic E-state index is 0.0783. The Hall–Kier alpha value is -2.20. The van der Waals surface area contributed by atoms with Crippen molar-refractivity contribution in [3.05, 3.63) is 51.6 Å². The lowest BCUT2D eigenvalue weighted by molar-refractivity contribution is -0.117. The van der Waals surface area contributed by atoms with Gasteiger partial charge in [-0.25, -0.2) is 0 Å². The van der Waals surface area contributed by atoms with E-state index < -0.39 is 0 Å². The number of benzene rings is 1. The van der Waals surface area contributed by atoms with Crippen LogP contribution >= 0.6 is 11.6 Å². The average molecular weight is 346 g/mol. The van der Waals surface area contributed by atoms with Gasteiger partial charge < -0.3 is 5.32 Å². The van der Waals surface area contributed by atoms with Crippen molar-refractivity contribution < 1.29 is 14.4 Å². The SMILES string of the molecule is CC1=C(C)C(=O)C(CCCC(=O)Nc2cccc(Cl)c2)=C(C)C1=O. The molecule has 0 atom stereocenters. The number of Topliss-reactive ketones (excluding diaryl/α,β-unsaturated/α-hetero) is 2. The van der Waals surface area contributed by atoms with E-state index in [1.807, 2.05) is 0 Å². The maximum atomic E-state index is 12.3. The van der Waals surface area contributed by atoms with Gasteiger partial charge in [-0.2, -0.15) is 0 Å². The molecule has 126 valence electrons. The Morgan fingerprint density at radius 1 is 1.04 bits per heavy atom. The van der Waals surface area contributed by atoms with Crippen LogP contribution in [0.3, 0.4) is 0 Å². The summed E-state index contributed by atoms with van der Waals surface area (Å²) < 4.78 is 0. The smallest absolute Gasteiger partial charge is 0.224 e. The summed E-state index contributed by atoms with van der Waals surface area (Å²) in [5.74, 6) is -0.307. The fraction of sp³-hybridized carbons (Fsp3) is 0.316. The number of carbonyl (C=O) groups is 3. The maximum absolute atomic E-state index is 12.3. The number of rotatable bonds is 5. The van der Waals surface area contributed by atoms with Crippen LogP contribution in [0.15, 0.2) is 46.6 Å². The molecule has 0 radical (unpaired) electrons. The molecule has 0 heterocycles. The number of carbonyl (C=O) groups excluding carboxylic acids is 3. The fourth-order valence-electron chi connectivity index (χ4n) is 2.67. The van der Waals surface area contributed by atoms with E-state index in [2.05, 4.69) is 5.32 Å². The summed E-state index contributed by atoms with van der Waals surface area (Å²) in [6.45, 7) is 5.03. The standard InChI is InChI=1S/C19H20ClNO3/c1-11-12(2)19(24)16(13(3)18(11)23)8-5-9-17(22)21-15-7-4-6-14(20)10-15/h4,6-7,10H,5,8-9H2,1-3H3,(H,21,22). The van der Waals surface area contributed by atoms with Gasteiger partial charge in [-0.05, 0) is 51.8 Å². The number of allylic oxidation sites excluding steroid dienone is 4. The number of ketones is 2. The number of anilines is 1. The minimum atomic E-state index is -0.145. The van der Waals surface area contributed by atoms with Crippen LogP contribution in [0.2, 0.25) is 5.02 Å². The first-order chi connectivity index (χ1) is 11.3. The molecule has 0 saturated carbocycles. The summed E-state index contributed by atoms with van der Waals surface area (Å²) in [5, 5.41) is 3.32. The van der Waals surface area contributed by atoms with Crippen molar-refractivity contribution in [3.63, 3.8) is 0 Å². The van der Waals surface area contributed by atoms with Crippen molar-refractivity contribution in [2.45, 2.75) is 40.0 Å². The van der Waals surface area contributed by atoms with Crippen molar-refractivity contribution in [1.29, 1.82) is 0 Å². The van der Waals surface area contributed by atoms with Crippen molar-refractivity contribution in [2.75, 3.05) is 5.32 Å². The third-order valence-corrected chi connectivity index (χ3v) is 4.49. The van der Waals surface area contributed by atoms with Crippen molar-refractivity contribution in [1.82, 2.24) is 0 Å². The lowest BCUT2D eigenvalue weighted by atomic mass is 9.84. The second-order valence-corrected chi connectivity index (χ2v) is 6.36. The van der Waals surface area contributed by atoms with Gasteiger partial charge in [0, 0.05) is 39.4 Å². The van der Waals surface area contributed by atoms with E-state index in [9.17, 15) is 14.4 Å². The molecule has 1 amide bonds. The molecule has 0 spiro atoms. The Morgan fingerprint density at radius 2 is 1.71 bits per heavy atom. The number of amides is 1. The van der Waals surface area contributed by atoms with E-state index in [-0.39, 0.29) is 23.9 Å². The van der Waals surface area contributed by atoms with Gasteiger partial charge in [0.15, 0.2) is 11.6 Å². The number of hydrogen-bond acceptors (Lipinski definition) is 3. The summed E-state index contributed by atoms with van der Waals surface area (Å²) in [5.41, 5.74) is 2.68. The molecule has 0 unspecified atom stereocenters. The van der Waals surface area contributed by atoms with Crippen LogP contribution in [0.5, 0.6) is 0 Å². The molecule has 4 nitrogen and oxygen atoms in total. The fourth-order valence-corrected chi connectivity index (χ4v) is 2.86. The number of hydrogen-bond donors (Lipinski definition) is 1. The highest BCUT2D eigenvalue weighted by molar-refractivity contribution is 6.30. The molecule has 0 fully saturated rings. The summed E-state index contributed by atoms with van der Waals surface area (Å²) in [6.07, 6.45) is 1.20. The monoisotopic (exact) mass is 345 g/mol. The van der Waals surface area contributed by atoms with Crippen LogP contribution in [0.4, 0.5) is 5.69 Å². The lowest BCUT2D eigenvalue weighted by Gasteiger charge is -2.18. The van der Waals surface area contributed by atoms with Crippen LogP contribution in [0, 0.1) is 0 Å². The van der Waals surface area contributed by atoms with Gasteiger partial charge >= 0.3 is 0 Å². The van der Waals surface area contributed by atoms with Crippen molar-refractivity contribution in [3.8, 4) is 0 Å². The summed E-state index contributed by atoms with van der Waals surface area (Å²) in [7, 11) is 0. The van der Waals surface area contributed by atoms with Crippen LogP contribution in [0.1, 0.15) is 40.0 Å². The molecule has 1 aromatic rings. The molecule has 0 bridgehead atoms.